The second-order valence-electron chi connectivity index (χ2n) is 9.65. The second-order valence-corrected chi connectivity index (χ2v) is 14.3. The van der Waals surface area contributed by atoms with E-state index in [4.69, 9.17) is 0 Å². The van der Waals surface area contributed by atoms with Crippen LogP contribution in [-0.4, -0.2) is 44.4 Å². The van der Waals surface area contributed by atoms with Crippen LogP contribution in [0.1, 0.15) is 80.6 Å². The number of benzene rings is 1. The van der Waals surface area contributed by atoms with Gasteiger partial charge in [-0.1, -0.05) is 50.1 Å². The van der Waals surface area contributed by atoms with Crippen LogP contribution in [0.3, 0.4) is 0 Å². The first kappa shape index (κ1) is 25.9. The van der Waals surface area contributed by atoms with Gasteiger partial charge in [0.05, 0.1) is 10.6 Å². The molecule has 2 nitrogen and oxygen atoms in total. The van der Waals surface area contributed by atoms with E-state index in [2.05, 4.69) is 78.3 Å². The Labute approximate surface area is 219 Å². The van der Waals surface area contributed by atoms with Crippen LogP contribution >= 0.6 is 47.9 Å². The summed E-state index contributed by atoms with van der Waals surface area (Å²) in [5.41, 5.74) is 2.20. The molecule has 3 aliphatic rings. The molecule has 0 spiro atoms. The average molecular weight is 522 g/mol. The molecule has 1 amide bonds. The van der Waals surface area contributed by atoms with Gasteiger partial charge in [-0.3, -0.25) is 4.79 Å². The minimum Gasteiger partial charge on any atom is -0.313 e. The maximum atomic E-state index is 14.0. The molecule has 182 valence electrons. The molecule has 33 heavy (non-hydrogen) atoms. The van der Waals surface area contributed by atoms with E-state index < -0.39 is 0 Å². The quantitative estimate of drug-likeness (QED) is 0.277. The summed E-state index contributed by atoms with van der Waals surface area (Å²) < 4.78 is 0.543. The van der Waals surface area contributed by atoms with Crippen LogP contribution in [0.15, 0.2) is 36.4 Å². The third-order valence-electron chi connectivity index (χ3n) is 7.10. The fraction of sp³-hybridized carbons (Fsp3) is 0.667. The summed E-state index contributed by atoms with van der Waals surface area (Å²) in [5.74, 6) is 5.33. The monoisotopic (exact) mass is 521 g/mol. The number of hydrogen-bond donors (Lipinski definition) is 1. The zero-order valence-electron chi connectivity index (χ0n) is 19.9. The van der Waals surface area contributed by atoms with E-state index in [-0.39, 0.29) is 16.8 Å². The number of thioether (sulfide) groups is 3. The summed E-state index contributed by atoms with van der Waals surface area (Å²) in [6.45, 7) is 2.29. The molecular formula is C27H39NOS4. The highest BCUT2D eigenvalue weighted by Gasteiger charge is 2.53. The molecular weight excluding hydrogens is 483 g/mol. The van der Waals surface area contributed by atoms with Crippen molar-refractivity contribution in [1.29, 1.82) is 0 Å². The van der Waals surface area contributed by atoms with Crippen molar-refractivity contribution in [3.8, 4) is 0 Å². The lowest BCUT2D eigenvalue weighted by molar-refractivity contribution is 0.0607. The number of rotatable bonds is 8. The second kappa shape index (κ2) is 12.7. The Balaban J connectivity index is 1.73. The lowest BCUT2D eigenvalue weighted by Gasteiger charge is -2.44. The third kappa shape index (κ3) is 6.16. The first-order valence-corrected chi connectivity index (χ1v) is 16.4. The van der Waals surface area contributed by atoms with Gasteiger partial charge in [0.1, 0.15) is 4.87 Å². The highest BCUT2D eigenvalue weighted by atomic mass is 32.2. The van der Waals surface area contributed by atoms with E-state index in [0.717, 1.165) is 42.8 Å². The molecule has 1 aromatic carbocycles. The summed E-state index contributed by atoms with van der Waals surface area (Å²) in [5, 5.41) is 0. The number of nitrogens with zero attached hydrogens (tertiary/aromatic N) is 1. The zero-order valence-corrected chi connectivity index (χ0v) is 23.3. The van der Waals surface area contributed by atoms with Gasteiger partial charge in [0.15, 0.2) is 0 Å². The Hall–Kier alpha value is -0.170. The zero-order chi connectivity index (χ0) is 23.1. The van der Waals surface area contributed by atoms with Crippen LogP contribution in [0.2, 0.25) is 0 Å². The molecule has 0 aromatic heterocycles. The van der Waals surface area contributed by atoms with Crippen LogP contribution in [-0.2, 0) is 4.87 Å². The standard InChI is InChI=1S/C27H39NOS4/c1-21(20-30)15-18-33-27(19-25-31-16-9-10-17-32-25)24-14-8-7-13-23(24)26(29)28(27)22-11-5-3-2-4-6-12-22/h5,7-8,11,13-14,21-22,25,30H,2-4,6,9-10,12,15-20H2,1H3/t21?,22-,27?/m0/s1. The van der Waals surface area contributed by atoms with Gasteiger partial charge in [-0.05, 0) is 73.5 Å². The van der Waals surface area contributed by atoms with E-state index in [1.807, 2.05) is 17.8 Å². The Morgan fingerprint density at radius 3 is 2.73 bits per heavy atom. The highest BCUT2D eigenvalue weighted by molar-refractivity contribution is 8.17. The van der Waals surface area contributed by atoms with Crippen LogP contribution in [0.4, 0.5) is 0 Å². The van der Waals surface area contributed by atoms with Crippen molar-refractivity contribution in [2.45, 2.75) is 80.2 Å². The Morgan fingerprint density at radius 1 is 1.15 bits per heavy atom. The predicted octanol–water partition coefficient (Wildman–Crippen LogP) is 7.85. The van der Waals surface area contributed by atoms with Crippen molar-refractivity contribution in [1.82, 2.24) is 4.90 Å². The van der Waals surface area contributed by atoms with Crippen LogP contribution < -0.4 is 0 Å². The van der Waals surface area contributed by atoms with E-state index in [0.29, 0.717) is 10.5 Å². The van der Waals surface area contributed by atoms with Gasteiger partial charge in [0, 0.05) is 17.5 Å². The van der Waals surface area contributed by atoms with Crippen LogP contribution in [0.5, 0.6) is 0 Å². The number of carbonyl (C=O) groups is 1. The molecule has 1 aliphatic carbocycles. The van der Waals surface area contributed by atoms with Gasteiger partial charge in [0.25, 0.3) is 5.91 Å². The molecule has 2 unspecified atom stereocenters. The number of allylic oxidation sites excluding steroid dienone is 1. The van der Waals surface area contributed by atoms with Gasteiger partial charge < -0.3 is 4.90 Å². The normalized spacial score (nSPS) is 27.6. The lowest BCUT2D eigenvalue weighted by atomic mass is 9.98. The summed E-state index contributed by atoms with van der Waals surface area (Å²) in [6, 6.07) is 8.70. The smallest absolute Gasteiger partial charge is 0.256 e. The number of carbonyl (C=O) groups excluding carboxylic acids is 1. The average Bonchev–Trinajstić information content (AvgIpc) is 2.95. The number of thiol groups is 1. The molecule has 0 bridgehead atoms. The number of fused-ring (bicyclic) bond motifs is 1. The van der Waals surface area contributed by atoms with E-state index in [1.54, 1.807) is 0 Å². The molecule has 2 aliphatic heterocycles. The maximum absolute atomic E-state index is 14.0. The van der Waals surface area contributed by atoms with Crippen molar-refractivity contribution in [2.24, 2.45) is 5.92 Å². The van der Waals surface area contributed by atoms with Crippen LogP contribution in [0.25, 0.3) is 0 Å². The molecule has 3 atom stereocenters. The maximum Gasteiger partial charge on any atom is 0.256 e. The van der Waals surface area contributed by atoms with E-state index in [1.165, 1.54) is 49.2 Å². The first-order valence-electron chi connectivity index (χ1n) is 12.7. The Morgan fingerprint density at radius 2 is 1.94 bits per heavy atom. The van der Waals surface area contributed by atoms with Crippen molar-refractivity contribution in [2.75, 3.05) is 23.0 Å². The summed E-state index contributed by atoms with van der Waals surface area (Å²) >= 11 is 10.8. The summed E-state index contributed by atoms with van der Waals surface area (Å²) in [7, 11) is 0. The summed E-state index contributed by atoms with van der Waals surface area (Å²) in [4.78, 5) is 16.1. The molecule has 4 rings (SSSR count). The summed E-state index contributed by atoms with van der Waals surface area (Å²) in [6.07, 6.45) is 15.5. The molecule has 2 heterocycles. The molecule has 1 fully saturated rings. The minimum atomic E-state index is -0.271. The molecule has 0 saturated carbocycles. The van der Waals surface area contributed by atoms with Gasteiger partial charge in [-0.15, -0.1) is 35.3 Å². The fourth-order valence-corrected chi connectivity index (χ4v) is 10.3. The molecule has 1 aromatic rings. The van der Waals surface area contributed by atoms with Crippen molar-refractivity contribution >= 4 is 53.8 Å². The van der Waals surface area contributed by atoms with Crippen molar-refractivity contribution in [3.63, 3.8) is 0 Å². The third-order valence-corrected chi connectivity index (χ3v) is 12.2. The van der Waals surface area contributed by atoms with Crippen molar-refractivity contribution < 1.29 is 4.79 Å². The topological polar surface area (TPSA) is 20.3 Å². The Kier molecular flexibility index (Phi) is 9.96. The molecule has 6 heteroatoms. The van der Waals surface area contributed by atoms with Crippen molar-refractivity contribution in [3.05, 3.63) is 47.5 Å². The van der Waals surface area contributed by atoms with Crippen LogP contribution in [0, 0.1) is 5.92 Å². The molecule has 0 radical (unpaired) electrons. The number of hydrogen-bond acceptors (Lipinski definition) is 5. The van der Waals surface area contributed by atoms with Gasteiger partial charge in [0.2, 0.25) is 0 Å². The fourth-order valence-electron chi connectivity index (χ4n) is 5.17. The van der Waals surface area contributed by atoms with Gasteiger partial charge >= 0.3 is 0 Å². The Bertz CT molecular complexity index is 807. The largest absolute Gasteiger partial charge is 0.313 e. The van der Waals surface area contributed by atoms with E-state index >= 15 is 0 Å². The minimum absolute atomic E-state index is 0.195. The SMILES string of the molecule is CC(CS)CCSC1(CC2SCCCCS2)c2ccccc2C(=O)N1[C@H]1C=CCCCCC1. The molecule has 0 N–H and O–H groups in total. The predicted molar refractivity (Wildman–Crippen MR) is 153 cm³/mol. The number of amides is 1. The van der Waals surface area contributed by atoms with Gasteiger partial charge in [-0.25, -0.2) is 0 Å². The van der Waals surface area contributed by atoms with Gasteiger partial charge in [-0.2, -0.15) is 12.6 Å². The first-order chi connectivity index (χ1) is 16.2. The van der Waals surface area contributed by atoms with E-state index in [9.17, 15) is 4.79 Å². The molecule has 1 saturated heterocycles. The highest BCUT2D eigenvalue weighted by Crippen LogP contribution is 2.55. The lowest BCUT2D eigenvalue weighted by Crippen LogP contribution is -2.48.